The molecule has 0 aromatic heterocycles. The van der Waals surface area contributed by atoms with Gasteiger partial charge in [0, 0.05) is 17.5 Å². The van der Waals surface area contributed by atoms with E-state index < -0.39 is 0 Å². The number of hydrogen-bond acceptors (Lipinski definition) is 2. The summed E-state index contributed by atoms with van der Waals surface area (Å²) in [6.07, 6.45) is 6.54. The summed E-state index contributed by atoms with van der Waals surface area (Å²) in [5, 5.41) is 11.0. The first-order valence-corrected chi connectivity index (χ1v) is 7.70. The number of aliphatic hydroxyl groups is 1. The van der Waals surface area contributed by atoms with Crippen molar-refractivity contribution in [3.8, 4) is 0 Å². The number of halogens is 1. The molecule has 0 saturated heterocycles. The number of rotatable bonds is 9. The molecule has 0 radical (unpaired) electrons. The lowest BCUT2D eigenvalue weighted by Crippen LogP contribution is -2.25. The van der Waals surface area contributed by atoms with E-state index in [2.05, 4.69) is 6.92 Å². The first-order valence-electron chi connectivity index (χ1n) is 7.32. The largest absolute Gasteiger partial charge is 0.392 e. The second-order valence-electron chi connectivity index (χ2n) is 5.16. The van der Waals surface area contributed by atoms with E-state index >= 15 is 0 Å². The Morgan fingerprint density at radius 1 is 1.11 bits per heavy atom. The highest BCUT2D eigenvalue weighted by atomic mass is 35.5. The van der Waals surface area contributed by atoms with Crippen molar-refractivity contribution in [3.05, 3.63) is 34.9 Å². The van der Waals surface area contributed by atoms with Crippen LogP contribution in [0.15, 0.2) is 24.3 Å². The van der Waals surface area contributed by atoms with Gasteiger partial charge in [0.2, 0.25) is 0 Å². The molecule has 1 aromatic rings. The standard InChI is InChI=1S/C16H26ClNO/c1-2-3-4-5-6-7-16(19)15(12-18)13-8-10-14(17)11-9-13/h8-11,15-16,19H,2-7,12,18H2,1H3. The van der Waals surface area contributed by atoms with Gasteiger partial charge in [-0.05, 0) is 24.1 Å². The summed E-state index contributed by atoms with van der Waals surface area (Å²) in [6, 6.07) is 7.63. The smallest absolute Gasteiger partial charge is 0.0620 e. The van der Waals surface area contributed by atoms with E-state index in [4.69, 9.17) is 17.3 Å². The average Bonchev–Trinajstić information content (AvgIpc) is 2.41. The summed E-state index contributed by atoms with van der Waals surface area (Å²) in [5.74, 6) is 0.0171. The van der Waals surface area contributed by atoms with Gasteiger partial charge in [-0.15, -0.1) is 0 Å². The van der Waals surface area contributed by atoms with Crippen LogP contribution < -0.4 is 5.73 Å². The van der Waals surface area contributed by atoms with Gasteiger partial charge in [0.15, 0.2) is 0 Å². The Kier molecular flexibility index (Phi) is 8.11. The fourth-order valence-electron chi connectivity index (χ4n) is 2.38. The van der Waals surface area contributed by atoms with Gasteiger partial charge >= 0.3 is 0 Å². The Bertz CT molecular complexity index is 339. The summed E-state index contributed by atoms with van der Waals surface area (Å²) < 4.78 is 0. The zero-order valence-electron chi connectivity index (χ0n) is 11.8. The molecule has 0 amide bonds. The second kappa shape index (κ2) is 9.35. The lowest BCUT2D eigenvalue weighted by Gasteiger charge is -2.22. The SMILES string of the molecule is CCCCCCCC(O)C(CN)c1ccc(Cl)cc1. The zero-order valence-corrected chi connectivity index (χ0v) is 12.6. The number of benzene rings is 1. The first kappa shape index (κ1) is 16.5. The molecule has 2 nitrogen and oxygen atoms in total. The van der Waals surface area contributed by atoms with Crippen molar-refractivity contribution in [3.63, 3.8) is 0 Å². The molecule has 0 aliphatic heterocycles. The molecule has 3 heteroatoms. The minimum atomic E-state index is -0.354. The molecule has 0 fully saturated rings. The monoisotopic (exact) mass is 283 g/mol. The van der Waals surface area contributed by atoms with Gasteiger partial charge in [-0.2, -0.15) is 0 Å². The Hall–Kier alpha value is -0.570. The molecule has 2 atom stereocenters. The maximum Gasteiger partial charge on any atom is 0.0620 e. The topological polar surface area (TPSA) is 46.2 Å². The van der Waals surface area contributed by atoms with E-state index in [1.165, 1.54) is 25.7 Å². The van der Waals surface area contributed by atoms with Crippen molar-refractivity contribution < 1.29 is 5.11 Å². The highest BCUT2D eigenvalue weighted by Crippen LogP contribution is 2.24. The lowest BCUT2D eigenvalue weighted by atomic mass is 9.90. The second-order valence-corrected chi connectivity index (χ2v) is 5.60. The molecule has 19 heavy (non-hydrogen) atoms. The van der Waals surface area contributed by atoms with E-state index in [-0.39, 0.29) is 12.0 Å². The third-order valence-electron chi connectivity index (χ3n) is 3.62. The normalized spacial score (nSPS) is 14.3. The highest BCUT2D eigenvalue weighted by molar-refractivity contribution is 6.30. The van der Waals surface area contributed by atoms with Gasteiger partial charge in [-0.3, -0.25) is 0 Å². The van der Waals surface area contributed by atoms with Crippen molar-refractivity contribution >= 4 is 11.6 Å². The minimum Gasteiger partial charge on any atom is -0.392 e. The summed E-state index contributed by atoms with van der Waals surface area (Å²) >= 11 is 5.88. The van der Waals surface area contributed by atoms with E-state index in [9.17, 15) is 5.11 Å². The molecular weight excluding hydrogens is 258 g/mol. The molecule has 108 valence electrons. The van der Waals surface area contributed by atoms with Gasteiger partial charge in [-0.25, -0.2) is 0 Å². The van der Waals surface area contributed by atoms with Crippen LogP contribution in [0.1, 0.15) is 56.9 Å². The summed E-state index contributed by atoms with van der Waals surface area (Å²) in [5.41, 5.74) is 6.88. The summed E-state index contributed by atoms with van der Waals surface area (Å²) in [4.78, 5) is 0. The van der Waals surface area contributed by atoms with Crippen LogP contribution in [0, 0.1) is 0 Å². The molecule has 0 spiro atoms. The van der Waals surface area contributed by atoms with Gasteiger partial charge in [-0.1, -0.05) is 62.8 Å². The third-order valence-corrected chi connectivity index (χ3v) is 3.87. The molecule has 3 N–H and O–H groups in total. The summed E-state index contributed by atoms with van der Waals surface area (Å²) in [6.45, 7) is 2.68. The van der Waals surface area contributed by atoms with Crippen LogP contribution >= 0.6 is 11.6 Å². The van der Waals surface area contributed by atoms with Crippen molar-refractivity contribution in [2.75, 3.05) is 6.54 Å². The molecule has 0 aliphatic carbocycles. The molecule has 0 bridgehead atoms. The zero-order chi connectivity index (χ0) is 14.1. The molecule has 1 rings (SSSR count). The van der Waals surface area contributed by atoms with Crippen LogP contribution in [-0.4, -0.2) is 17.8 Å². The van der Waals surface area contributed by atoms with Gasteiger partial charge in [0.25, 0.3) is 0 Å². The van der Waals surface area contributed by atoms with Crippen LogP contribution in [0.4, 0.5) is 0 Å². The van der Waals surface area contributed by atoms with Crippen molar-refractivity contribution in [2.45, 2.75) is 57.5 Å². The highest BCUT2D eigenvalue weighted by Gasteiger charge is 2.19. The van der Waals surface area contributed by atoms with Crippen LogP contribution in [0.25, 0.3) is 0 Å². The summed E-state index contributed by atoms with van der Waals surface area (Å²) in [7, 11) is 0. The Labute approximate surface area is 122 Å². The minimum absolute atomic E-state index is 0.0171. The fourth-order valence-corrected chi connectivity index (χ4v) is 2.51. The molecular formula is C16H26ClNO. The van der Waals surface area contributed by atoms with Crippen molar-refractivity contribution in [1.29, 1.82) is 0 Å². The van der Waals surface area contributed by atoms with Crippen LogP contribution in [0.3, 0.4) is 0 Å². The first-order chi connectivity index (χ1) is 9.19. The predicted molar refractivity (Wildman–Crippen MR) is 82.6 cm³/mol. The average molecular weight is 284 g/mol. The maximum atomic E-state index is 10.3. The lowest BCUT2D eigenvalue weighted by molar-refractivity contribution is 0.132. The van der Waals surface area contributed by atoms with Crippen molar-refractivity contribution in [2.24, 2.45) is 5.73 Å². The number of nitrogens with two attached hydrogens (primary N) is 1. The number of unbranched alkanes of at least 4 members (excludes halogenated alkanes) is 4. The van der Waals surface area contributed by atoms with Crippen molar-refractivity contribution in [1.82, 2.24) is 0 Å². The van der Waals surface area contributed by atoms with Gasteiger partial charge in [0.05, 0.1) is 6.10 Å². The third kappa shape index (κ3) is 5.94. The van der Waals surface area contributed by atoms with Gasteiger partial charge < -0.3 is 10.8 Å². The van der Waals surface area contributed by atoms with Crippen LogP contribution in [0.2, 0.25) is 5.02 Å². The van der Waals surface area contributed by atoms with E-state index in [1.54, 1.807) is 0 Å². The van der Waals surface area contributed by atoms with E-state index in [1.807, 2.05) is 24.3 Å². The maximum absolute atomic E-state index is 10.3. The van der Waals surface area contributed by atoms with Gasteiger partial charge in [0.1, 0.15) is 0 Å². The molecule has 0 heterocycles. The predicted octanol–water partition coefficient (Wildman–Crippen LogP) is 4.10. The Morgan fingerprint density at radius 3 is 2.32 bits per heavy atom. The molecule has 0 aliphatic rings. The van der Waals surface area contributed by atoms with Crippen LogP contribution in [0.5, 0.6) is 0 Å². The fraction of sp³-hybridized carbons (Fsp3) is 0.625. The van der Waals surface area contributed by atoms with E-state index in [0.29, 0.717) is 11.6 Å². The molecule has 2 unspecified atom stereocenters. The Balaban J connectivity index is 2.43. The number of aliphatic hydroxyl groups excluding tert-OH is 1. The van der Waals surface area contributed by atoms with E-state index in [0.717, 1.165) is 18.4 Å². The quantitative estimate of drug-likeness (QED) is 0.670. The van der Waals surface area contributed by atoms with Crippen LogP contribution in [-0.2, 0) is 0 Å². The number of hydrogen-bond donors (Lipinski definition) is 2. The molecule has 0 saturated carbocycles. The Morgan fingerprint density at radius 2 is 1.74 bits per heavy atom. The molecule has 1 aromatic carbocycles.